The van der Waals surface area contributed by atoms with Gasteiger partial charge in [-0.25, -0.2) is 4.98 Å². The highest BCUT2D eigenvalue weighted by Gasteiger charge is 2.12. The van der Waals surface area contributed by atoms with E-state index in [0.717, 1.165) is 11.4 Å². The van der Waals surface area contributed by atoms with E-state index in [1.165, 1.54) is 0 Å². The molecule has 6 heteroatoms. The number of ether oxygens (including phenoxy) is 1. The molecule has 0 aliphatic heterocycles. The van der Waals surface area contributed by atoms with Crippen molar-refractivity contribution in [1.29, 1.82) is 0 Å². The van der Waals surface area contributed by atoms with Crippen LogP contribution in [0.25, 0.3) is 0 Å². The zero-order chi connectivity index (χ0) is 12.6. The van der Waals surface area contributed by atoms with Gasteiger partial charge in [-0.05, 0) is 20.8 Å². The van der Waals surface area contributed by atoms with Gasteiger partial charge in [-0.2, -0.15) is 10.1 Å². The van der Waals surface area contributed by atoms with Crippen molar-refractivity contribution in [2.75, 3.05) is 5.73 Å². The second-order valence-corrected chi connectivity index (χ2v) is 3.90. The molecule has 2 N–H and O–H groups in total. The average molecular weight is 233 g/mol. The molecular formula is C11H15N5O. The summed E-state index contributed by atoms with van der Waals surface area (Å²) in [6, 6.07) is 1.60. The third-order valence-corrected chi connectivity index (χ3v) is 2.48. The predicted octanol–water partition coefficient (Wildman–Crippen LogP) is 1.51. The zero-order valence-corrected chi connectivity index (χ0v) is 10.4. The maximum Gasteiger partial charge on any atom is 0.224 e. The molecule has 17 heavy (non-hydrogen) atoms. The highest BCUT2D eigenvalue weighted by Crippen LogP contribution is 2.27. The Bertz CT molecular complexity index is 541. The fraction of sp³-hybridized carbons (Fsp3) is 0.364. The molecule has 0 atom stereocenters. The van der Waals surface area contributed by atoms with Gasteiger partial charge in [-0.1, -0.05) is 0 Å². The lowest BCUT2D eigenvalue weighted by molar-refractivity contribution is 0.452. The van der Waals surface area contributed by atoms with E-state index in [0.29, 0.717) is 23.3 Å². The first-order valence-corrected chi connectivity index (χ1v) is 5.26. The average Bonchev–Trinajstić information content (AvgIpc) is 2.44. The minimum atomic E-state index is 0.395. The van der Waals surface area contributed by atoms with Crippen LogP contribution in [0.4, 0.5) is 5.82 Å². The van der Waals surface area contributed by atoms with Crippen LogP contribution in [0.1, 0.15) is 17.2 Å². The lowest BCUT2D eigenvalue weighted by Crippen LogP contribution is -1.99. The normalized spacial score (nSPS) is 10.6. The van der Waals surface area contributed by atoms with Crippen LogP contribution in [0.15, 0.2) is 6.07 Å². The summed E-state index contributed by atoms with van der Waals surface area (Å²) in [5.74, 6) is 2.13. The van der Waals surface area contributed by atoms with Crippen molar-refractivity contribution < 1.29 is 4.74 Å². The third kappa shape index (κ3) is 2.20. The SMILES string of the molecule is Cc1nc(N)cc(Oc2c(C)nn(C)c2C)n1. The first-order chi connectivity index (χ1) is 7.97. The lowest BCUT2D eigenvalue weighted by atomic mass is 10.3. The fourth-order valence-corrected chi connectivity index (χ4v) is 1.62. The van der Waals surface area contributed by atoms with Crippen LogP contribution in [0, 0.1) is 20.8 Å². The monoisotopic (exact) mass is 233 g/mol. The summed E-state index contributed by atoms with van der Waals surface area (Å²) in [5, 5.41) is 4.27. The van der Waals surface area contributed by atoms with E-state index in [9.17, 15) is 0 Å². The van der Waals surface area contributed by atoms with Crippen molar-refractivity contribution >= 4 is 5.82 Å². The van der Waals surface area contributed by atoms with Gasteiger partial charge in [0.15, 0.2) is 5.75 Å². The Balaban J connectivity index is 2.37. The molecular weight excluding hydrogens is 218 g/mol. The second kappa shape index (κ2) is 4.04. The highest BCUT2D eigenvalue weighted by molar-refractivity contribution is 5.38. The zero-order valence-electron chi connectivity index (χ0n) is 10.4. The topological polar surface area (TPSA) is 78.9 Å². The van der Waals surface area contributed by atoms with Crippen molar-refractivity contribution in [2.45, 2.75) is 20.8 Å². The maximum atomic E-state index is 5.71. The quantitative estimate of drug-likeness (QED) is 0.850. The second-order valence-electron chi connectivity index (χ2n) is 3.90. The van der Waals surface area contributed by atoms with Crippen LogP contribution in [0.2, 0.25) is 0 Å². The van der Waals surface area contributed by atoms with Gasteiger partial charge in [0.25, 0.3) is 0 Å². The summed E-state index contributed by atoms with van der Waals surface area (Å²) >= 11 is 0. The number of anilines is 1. The van der Waals surface area contributed by atoms with Crippen LogP contribution in [0.5, 0.6) is 11.6 Å². The maximum absolute atomic E-state index is 5.71. The summed E-state index contributed by atoms with van der Waals surface area (Å²) in [5.41, 5.74) is 7.40. The van der Waals surface area contributed by atoms with Crippen LogP contribution in [-0.4, -0.2) is 19.7 Å². The van der Waals surface area contributed by atoms with Crippen molar-refractivity contribution in [1.82, 2.24) is 19.7 Å². The predicted molar refractivity (Wildman–Crippen MR) is 63.9 cm³/mol. The van der Waals surface area contributed by atoms with Crippen LogP contribution in [0.3, 0.4) is 0 Å². The van der Waals surface area contributed by atoms with Gasteiger partial charge in [0.1, 0.15) is 17.3 Å². The van der Waals surface area contributed by atoms with Gasteiger partial charge in [0.2, 0.25) is 5.88 Å². The van der Waals surface area contributed by atoms with E-state index >= 15 is 0 Å². The number of aromatic nitrogens is 4. The van der Waals surface area contributed by atoms with Crippen LogP contribution < -0.4 is 10.5 Å². The molecule has 0 bridgehead atoms. The van der Waals surface area contributed by atoms with Crippen molar-refractivity contribution in [3.8, 4) is 11.6 Å². The van der Waals surface area contributed by atoms with Crippen molar-refractivity contribution in [2.24, 2.45) is 7.05 Å². The number of hydrogen-bond donors (Lipinski definition) is 1. The molecule has 0 unspecified atom stereocenters. The van der Waals surface area contributed by atoms with Crippen molar-refractivity contribution in [3.05, 3.63) is 23.3 Å². The number of nitrogens with two attached hydrogens (primary N) is 1. The van der Waals surface area contributed by atoms with E-state index in [2.05, 4.69) is 15.1 Å². The molecule has 0 saturated heterocycles. The summed E-state index contributed by atoms with van der Waals surface area (Å²) in [4.78, 5) is 8.16. The molecule has 2 rings (SSSR count). The molecule has 0 amide bonds. The highest BCUT2D eigenvalue weighted by atomic mass is 16.5. The first-order valence-electron chi connectivity index (χ1n) is 5.26. The van der Waals surface area contributed by atoms with Crippen molar-refractivity contribution in [3.63, 3.8) is 0 Å². The number of hydrogen-bond acceptors (Lipinski definition) is 5. The Morgan fingerprint density at radius 1 is 1.24 bits per heavy atom. The van der Waals surface area contributed by atoms with Gasteiger partial charge in [-0.15, -0.1) is 0 Å². The smallest absolute Gasteiger partial charge is 0.224 e. The fourth-order valence-electron chi connectivity index (χ4n) is 1.62. The largest absolute Gasteiger partial charge is 0.435 e. The molecule has 6 nitrogen and oxygen atoms in total. The molecule has 0 aliphatic carbocycles. The molecule has 2 aromatic heterocycles. The summed E-state index contributed by atoms with van der Waals surface area (Å²) in [7, 11) is 1.87. The van der Waals surface area contributed by atoms with E-state index in [-0.39, 0.29) is 0 Å². The minimum Gasteiger partial charge on any atom is -0.435 e. The Morgan fingerprint density at radius 2 is 1.94 bits per heavy atom. The van der Waals surface area contributed by atoms with Gasteiger partial charge < -0.3 is 10.5 Å². The number of nitrogens with zero attached hydrogens (tertiary/aromatic N) is 4. The standard InChI is InChI=1S/C11H15N5O/c1-6-11(7(2)16(4)15-6)17-10-5-9(12)13-8(3)14-10/h5H,1-4H3,(H2,12,13,14). The van der Waals surface area contributed by atoms with Gasteiger partial charge in [-0.3, -0.25) is 4.68 Å². The van der Waals surface area contributed by atoms with E-state index < -0.39 is 0 Å². The van der Waals surface area contributed by atoms with Crippen LogP contribution >= 0.6 is 0 Å². The Kier molecular flexibility index (Phi) is 2.71. The van der Waals surface area contributed by atoms with E-state index in [1.54, 1.807) is 17.7 Å². The molecule has 0 spiro atoms. The van der Waals surface area contributed by atoms with Gasteiger partial charge >= 0.3 is 0 Å². The molecule has 0 radical (unpaired) electrons. The Hall–Kier alpha value is -2.11. The first kappa shape index (κ1) is 11.4. The summed E-state index contributed by atoms with van der Waals surface area (Å²) in [6.45, 7) is 5.60. The molecule has 2 heterocycles. The molecule has 0 aromatic carbocycles. The summed E-state index contributed by atoms with van der Waals surface area (Å²) < 4.78 is 7.47. The Labute approximate surface area is 99.4 Å². The molecule has 2 aromatic rings. The molecule has 0 aliphatic rings. The number of aryl methyl sites for hydroxylation is 3. The minimum absolute atomic E-state index is 0.395. The summed E-state index contributed by atoms with van der Waals surface area (Å²) in [6.07, 6.45) is 0. The van der Waals surface area contributed by atoms with Gasteiger partial charge in [0.05, 0.1) is 5.69 Å². The lowest BCUT2D eigenvalue weighted by Gasteiger charge is -2.06. The molecule has 0 saturated carbocycles. The Morgan fingerprint density at radius 3 is 2.47 bits per heavy atom. The van der Waals surface area contributed by atoms with Crippen LogP contribution in [-0.2, 0) is 7.05 Å². The number of nitrogen functional groups attached to an aromatic ring is 1. The number of rotatable bonds is 2. The van der Waals surface area contributed by atoms with E-state index in [4.69, 9.17) is 10.5 Å². The van der Waals surface area contributed by atoms with Gasteiger partial charge in [0, 0.05) is 13.1 Å². The molecule has 0 fully saturated rings. The third-order valence-electron chi connectivity index (χ3n) is 2.48. The molecule has 90 valence electrons. The van der Waals surface area contributed by atoms with E-state index in [1.807, 2.05) is 20.9 Å².